The summed E-state index contributed by atoms with van der Waals surface area (Å²) >= 11 is 10.0. The molecule has 2 rings (SSSR count). The topological polar surface area (TPSA) is 180 Å². The van der Waals surface area contributed by atoms with Crippen LogP contribution in [0.3, 0.4) is 0 Å². The summed E-state index contributed by atoms with van der Waals surface area (Å²) in [4.78, 5) is 72.8. The second-order valence-corrected chi connectivity index (χ2v) is 12.3. The second kappa shape index (κ2) is 23.2. The summed E-state index contributed by atoms with van der Waals surface area (Å²) in [5.41, 5.74) is 1.57. The number of carbonyl (C=O) groups is 6. The molecule has 12 nitrogen and oxygen atoms in total. The van der Waals surface area contributed by atoms with Gasteiger partial charge in [0.2, 0.25) is 17.7 Å². The lowest BCUT2D eigenvalue weighted by molar-refractivity contribution is -0.142. The maximum atomic E-state index is 13.1. The molecule has 14 heteroatoms. The van der Waals surface area contributed by atoms with Crippen LogP contribution in [0, 0.1) is 11.8 Å². The number of alkyl halides is 2. The number of benzene rings is 2. The third kappa shape index (κ3) is 18.2. The number of ketones is 1. The lowest BCUT2D eigenvalue weighted by Crippen LogP contribution is -2.55. The predicted molar refractivity (Wildman–Crippen MR) is 184 cm³/mol. The van der Waals surface area contributed by atoms with Gasteiger partial charge in [-0.25, -0.2) is 9.59 Å². The molecule has 0 heterocycles. The molecule has 0 aromatic heterocycles. The van der Waals surface area contributed by atoms with E-state index in [-0.39, 0.29) is 55.2 Å². The number of aliphatic carboxylic acids is 1. The molecule has 3 atom stereocenters. The molecule has 0 saturated carbocycles. The number of rotatable bonds is 18. The van der Waals surface area contributed by atoms with Crippen molar-refractivity contribution in [3.8, 4) is 0 Å². The van der Waals surface area contributed by atoms with E-state index >= 15 is 0 Å². The van der Waals surface area contributed by atoms with E-state index in [1.54, 1.807) is 12.1 Å². The van der Waals surface area contributed by atoms with Gasteiger partial charge < -0.3 is 31.1 Å². The number of carboxylic acids is 1. The zero-order valence-corrected chi connectivity index (χ0v) is 29.2. The van der Waals surface area contributed by atoms with Gasteiger partial charge in [-0.3, -0.25) is 19.2 Å². The van der Waals surface area contributed by atoms with Crippen molar-refractivity contribution >= 4 is 58.8 Å². The molecule has 0 radical (unpaired) electrons. The van der Waals surface area contributed by atoms with Crippen molar-refractivity contribution in [2.75, 3.05) is 18.3 Å². The molecular weight excluding hydrogens is 663 g/mol. The summed E-state index contributed by atoms with van der Waals surface area (Å²) in [5, 5.41) is 19.7. The molecule has 5 N–H and O–H groups in total. The van der Waals surface area contributed by atoms with Crippen molar-refractivity contribution in [3.63, 3.8) is 0 Å². The first kappa shape index (κ1) is 41.9. The van der Waals surface area contributed by atoms with E-state index in [4.69, 9.17) is 27.9 Å². The SMILES string of the molecule is CC(C)C[C@H](NC(=O)[C@H](CC(C)C)NC(=O)CNC(=O)[C@H](Cc1ccccc1)NC(=O)OCc1ccccc1)C(=O)O.O=C(CCl)CCl. The number of hydrogen-bond acceptors (Lipinski definition) is 7. The summed E-state index contributed by atoms with van der Waals surface area (Å²) in [7, 11) is 0. The first-order chi connectivity index (χ1) is 22.7. The van der Waals surface area contributed by atoms with E-state index in [0.717, 1.165) is 11.1 Å². The van der Waals surface area contributed by atoms with Crippen LogP contribution < -0.4 is 21.3 Å². The number of amides is 4. The van der Waals surface area contributed by atoms with Gasteiger partial charge in [-0.15, -0.1) is 23.2 Å². The minimum Gasteiger partial charge on any atom is -0.480 e. The zero-order chi connectivity index (χ0) is 36.1. The van der Waals surface area contributed by atoms with Crippen molar-refractivity contribution in [1.82, 2.24) is 21.3 Å². The molecular formula is C34H46Cl2N4O8. The Morgan fingerprint density at radius 3 is 1.69 bits per heavy atom. The second-order valence-electron chi connectivity index (χ2n) is 11.8. The first-order valence-electron chi connectivity index (χ1n) is 15.5. The van der Waals surface area contributed by atoms with Crippen LogP contribution in [-0.2, 0) is 41.7 Å². The quantitative estimate of drug-likeness (QED) is 0.145. The summed E-state index contributed by atoms with van der Waals surface area (Å²) in [6.07, 6.45) is -0.129. The summed E-state index contributed by atoms with van der Waals surface area (Å²) in [5.74, 6) is -3.02. The highest BCUT2D eigenvalue weighted by atomic mass is 35.5. The van der Waals surface area contributed by atoms with Crippen LogP contribution in [0.5, 0.6) is 0 Å². The molecule has 0 aliphatic carbocycles. The highest BCUT2D eigenvalue weighted by Crippen LogP contribution is 2.09. The maximum absolute atomic E-state index is 13.1. The van der Waals surface area contributed by atoms with Gasteiger partial charge in [0.15, 0.2) is 5.78 Å². The maximum Gasteiger partial charge on any atom is 0.408 e. The number of ether oxygens (including phenoxy) is 1. The van der Waals surface area contributed by atoms with Crippen molar-refractivity contribution in [2.45, 2.75) is 71.7 Å². The van der Waals surface area contributed by atoms with E-state index in [0.29, 0.717) is 0 Å². The molecule has 0 saturated heterocycles. The van der Waals surface area contributed by atoms with Crippen molar-refractivity contribution in [3.05, 3.63) is 71.8 Å². The van der Waals surface area contributed by atoms with Crippen LogP contribution in [0.1, 0.15) is 51.7 Å². The van der Waals surface area contributed by atoms with E-state index in [1.165, 1.54) is 0 Å². The Hall–Kier alpha value is -4.16. The minimum absolute atomic E-state index is 0.0189. The standard InChI is InChI=1S/C31H42N4O7.C3H4Cl2O/c1-20(2)15-24(29(38)34-26(30(39)40)16-21(3)4)33-27(36)18-32-28(37)25(17-22-11-7-5-8-12-22)35-31(41)42-19-23-13-9-6-10-14-23;4-1-3(6)2-5/h5-14,20-21,24-26H,15-19H2,1-4H3,(H,32,37)(H,33,36)(H,34,38)(H,35,41)(H,39,40);1-2H2/t24-,25-,26-;/m0./s1. The van der Waals surface area contributed by atoms with Crippen molar-refractivity contribution < 1.29 is 38.6 Å². The van der Waals surface area contributed by atoms with Crippen LogP contribution in [0.15, 0.2) is 60.7 Å². The number of carbonyl (C=O) groups excluding carboxylic acids is 5. The monoisotopic (exact) mass is 708 g/mol. The molecule has 0 aliphatic heterocycles. The van der Waals surface area contributed by atoms with Gasteiger partial charge in [0.25, 0.3) is 0 Å². The molecule has 2 aromatic rings. The molecule has 0 aliphatic rings. The lowest BCUT2D eigenvalue weighted by Gasteiger charge is -2.24. The summed E-state index contributed by atoms with van der Waals surface area (Å²) < 4.78 is 5.26. The average molecular weight is 710 g/mol. The van der Waals surface area contributed by atoms with E-state index < -0.39 is 54.5 Å². The predicted octanol–water partition coefficient (Wildman–Crippen LogP) is 3.82. The van der Waals surface area contributed by atoms with Crippen LogP contribution in [0.25, 0.3) is 0 Å². The highest BCUT2D eigenvalue weighted by Gasteiger charge is 2.28. The number of Topliss-reactive ketones (excluding diaryl/α,β-unsaturated/α-hetero) is 1. The minimum atomic E-state index is -1.15. The van der Waals surface area contributed by atoms with Crippen LogP contribution in [0.2, 0.25) is 0 Å². The largest absolute Gasteiger partial charge is 0.480 e. The molecule has 0 fully saturated rings. The molecule has 0 unspecified atom stereocenters. The molecule has 0 spiro atoms. The number of hydrogen-bond donors (Lipinski definition) is 5. The lowest BCUT2D eigenvalue weighted by atomic mass is 10.0. The summed E-state index contributed by atoms with van der Waals surface area (Å²) in [6.45, 7) is 7.00. The molecule has 264 valence electrons. The van der Waals surface area contributed by atoms with Gasteiger partial charge in [0.1, 0.15) is 24.7 Å². The Kier molecular flexibility index (Phi) is 20.2. The average Bonchev–Trinajstić information content (AvgIpc) is 3.05. The van der Waals surface area contributed by atoms with Crippen LogP contribution >= 0.6 is 23.2 Å². The van der Waals surface area contributed by atoms with Gasteiger partial charge in [0.05, 0.1) is 18.3 Å². The number of halogens is 2. The Morgan fingerprint density at radius 2 is 1.21 bits per heavy atom. The third-order valence-corrected chi connectivity index (χ3v) is 7.10. The Morgan fingerprint density at radius 1 is 0.688 bits per heavy atom. The normalized spacial score (nSPS) is 12.4. The number of alkyl carbamates (subject to hydrolysis) is 1. The fraction of sp³-hybridized carbons (Fsp3) is 0.471. The van der Waals surface area contributed by atoms with E-state index in [1.807, 2.05) is 76.2 Å². The van der Waals surface area contributed by atoms with Gasteiger partial charge in [-0.2, -0.15) is 0 Å². The Balaban J connectivity index is 0.00000175. The van der Waals surface area contributed by atoms with Crippen LogP contribution in [0.4, 0.5) is 4.79 Å². The number of carboxylic acid groups (broad SMARTS) is 1. The highest BCUT2D eigenvalue weighted by molar-refractivity contribution is 6.35. The Bertz CT molecular complexity index is 1310. The van der Waals surface area contributed by atoms with Gasteiger partial charge in [0, 0.05) is 6.42 Å². The first-order valence-corrected chi connectivity index (χ1v) is 16.6. The van der Waals surface area contributed by atoms with Crippen molar-refractivity contribution in [2.24, 2.45) is 11.8 Å². The number of nitrogens with one attached hydrogen (secondary N) is 4. The third-order valence-electron chi connectivity index (χ3n) is 6.51. The van der Waals surface area contributed by atoms with E-state index in [2.05, 4.69) is 21.3 Å². The molecule has 4 amide bonds. The molecule has 0 bridgehead atoms. The van der Waals surface area contributed by atoms with Gasteiger partial charge >= 0.3 is 12.1 Å². The van der Waals surface area contributed by atoms with Gasteiger partial charge in [-0.05, 0) is 35.8 Å². The van der Waals surface area contributed by atoms with Crippen molar-refractivity contribution in [1.29, 1.82) is 0 Å². The van der Waals surface area contributed by atoms with E-state index in [9.17, 15) is 33.9 Å². The molecule has 2 aromatic carbocycles. The molecule has 48 heavy (non-hydrogen) atoms. The smallest absolute Gasteiger partial charge is 0.408 e. The fourth-order valence-electron chi connectivity index (χ4n) is 4.21. The van der Waals surface area contributed by atoms with Gasteiger partial charge in [-0.1, -0.05) is 88.4 Å². The zero-order valence-electron chi connectivity index (χ0n) is 27.7. The fourth-order valence-corrected chi connectivity index (χ4v) is 4.49. The van der Waals surface area contributed by atoms with Crippen LogP contribution in [-0.4, -0.2) is 77.1 Å². The summed E-state index contributed by atoms with van der Waals surface area (Å²) in [6, 6.07) is 15.0. The Labute approximate surface area is 291 Å².